The zero-order valence-corrected chi connectivity index (χ0v) is 13.3. The number of phenolic OH excluding ortho intramolecular Hbond substituents is 2. The standard InChI is InChI=1S/C15H19ClN2O5/c16-3-6-23-15(22)18-4-1-11(2-5-18)17-14(21)10-7-12(19)9-13(20)8-10/h7-9,11,19-20H,1-6H2,(H,17,21). The van der Waals surface area contributed by atoms with Crippen molar-refractivity contribution in [2.24, 2.45) is 0 Å². The van der Waals surface area contributed by atoms with Crippen molar-refractivity contribution in [2.75, 3.05) is 25.6 Å². The van der Waals surface area contributed by atoms with E-state index in [0.29, 0.717) is 25.9 Å². The van der Waals surface area contributed by atoms with Gasteiger partial charge in [0.15, 0.2) is 0 Å². The minimum absolute atomic E-state index is 0.0796. The van der Waals surface area contributed by atoms with E-state index in [1.54, 1.807) is 4.90 Å². The summed E-state index contributed by atoms with van der Waals surface area (Å²) in [7, 11) is 0. The van der Waals surface area contributed by atoms with Gasteiger partial charge in [-0.05, 0) is 25.0 Å². The first-order valence-electron chi connectivity index (χ1n) is 7.31. The summed E-state index contributed by atoms with van der Waals surface area (Å²) in [6.07, 6.45) is 0.812. The number of benzene rings is 1. The molecule has 1 fully saturated rings. The summed E-state index contributed by atoms with van der Waals surface area (Å²) in [5.74, 6) is -0.465. The van der Waals surface area contributed by atoms with Crippen molar-refractivity contribution in [3.63, 3.8) is 0 Å². The summed E-state index contributed by atoms with van der Waals surface area (Å²) in [6, 6.07) is 3.65. The highest BCUT2D eigenvalue weighted by molar-refractivity contribution is 6.18. The van der Waals surface area contributed by atoms with Crippen LogP contribution in [0, 0.1) is 0 Å². The molecular formula is C15H19ClN2O5. The van der Waals surface area contributed by atoms with Crippen LogP contribution in [-0.4, -0.2) is 58.7 Å². The van der Waals surface area contributed by atoms with E-state index in [0.717, 1.165) is 6.07 Å². The number of piperidine rings is 1. The fourth-order valence-electron chi connectivity index (χ4n) is 2.42. The Bertz CT molecular complexity index is 553. The van der Waals surface area contributed by atoms with E-state index in [9.17, 15) is 19.8 Å². The topological polar surface area (TPSA) is 99.1 Å². The number of nitrogens with zero attached hydrogens (tertiary/aromatic N) is 1. The number of ether oxygens (including phenoxy) is 1. The molecule has 2 amide bonds. The molecule has 0 bridgehead atoms. The van der Waals surface area contributed by atoms with Crippen LogP contribution in [-0.2, 0) is 4.74 Å². The third kappa shape index (κ3) is 4.92. The molecule has 1 aliphatic rings. The molecule has 1 saturated heterocycles. The van der Waals surface area contributed by atoms with Gasteiger partial charge in [-0.25, -0.2) is 4.79 Å². The van der Waals surface area contributed by atoms with Crippen LogP contribution in [0.25, 0.3) is 0 Å². The van der Waals surface area contributed by atoms with Crippen LogP contribution < -0.4 is 5.32 Å². The average molecular weight is 343 g/mol. The maximum absolute atomic E-state index is 12.1. The molecular weight excluding hydrogens is 324 g/mol. The lowest BCUT2D eigenvalue weighted by atomic mass is 10.0. The van der Waals surface area contributed by atoms with E-state index >= 15 is 0 Å². The molecule has 23 heavy (non-hydrogen) atoms. The minimum Gasteiger partial charge on any atom is -0.508 e. The summed E-state index contributed by atoms with van der Waals surface area (Å²) >= 11 is 5.47. The van der Waals surface area contributed by atoms with Crippen molar-refractivity contribution < 1.29 is 24.5 Å². The van der Waals surface area contributed by atoms with Gasteiger partial charge in [0.2, 0.25) is 0 Å². The van der Waals surface area contributed by atoms with Crippen LogP contribution in [0.4, 0.5) is 4.79 Å². The number of phenols is 2. The molecule has 3 N–H and O–H groups in total. The SMILES string of the molecule is O=C(NC1CCN(C(=O)OCCCl)CC1)c1cc(O)cc(O)c1. The summed E-state index contributed by atoms with van der Waals surface area (Å²) in [5, 5.41) is 21.6. The number of alkyl halides is 1. The van der Waals surface area contributed by atoms with Gasteiger partial charge in [0.25, 0.3) is 5.91 Å². The van der Waals surface area contributed by atoms with Crippen LogP contribution >= 0.6 is 11.6 Å². The van der Waals surface area contributed by atoms with E-state index in [1.165, 1.54) is 12.1 Å². The first-order chi connectivity index (χ1) is 11.0. The Labute approximate surface area is 138 Å². The number of aromatic hydroxyl groups is 2. The number of hydrogen-bond donors (Lipinski definition) is 3. The molecule has 1 aliphatic heterocycles. The van der Waals surface area contributed by atoms with Crippen molar-refractivity contribution in [3.8, 4) is 11.5 Å². The molecule has 126 valence electrons. The highest BCUT2D eigenvalue weighted by Crippen LogP contribution is 2.21. The number of amides is 2. The van der Waals surface area contributed by atoms with Crippen LogP contribution in [0.3, 0.4) is 0 Å². The van der Waals surface area contributed by atoms with Gasteiger partial charge in [0.1, 0.15) is 18.1 Å². The Hall–Kier alpha value is -2.15. The molecule has 2 rings (SSSR count). The Morgan fingerprint density at radius 3 is 2.39 bits per heavy atom. The van der Waals surface area contributed by atoms with E-state index in [-0.39, 0.29) is 41.5 Å². The predicted molar refractivity (Wildman–Crippen MR) is 83.9 cm³/mol. The quantitative estimate of drug-likeness (QED) is 0.723. The largest absolute Gasteiger partial charge is 0.508 e. The zero-order chi connectivity index (χ0) is 16.8. The Morgan fingerprint density at radius 1 is 1.22 bits per heavy atom. The third-order valence-electron chi connectivity index (χ3n) is 3.56. The van der Waals surface area contributed by atoms with Gasteiger partial charge in [0, 0.05) is 30.8 Å². The molecule has 0 aromatic heterocycles. The van der Waals surface area contributed by atoms with Gasteiger partial charge in [-0.1, -0.05) is 0 Å². The van der Waals surface area contributed by atoms with Crippen molar-refractivity contribution in [3.05, 3.63) is 23.8 Å². The van der Waals surface area contributed by atoms with Crippen molar-refractivity contribution in [1.29, 1.82) is 0 Å². The number of likely N-dealkylation sites (tertiary alicyclic amines) is 1. The second kappa shape index (κ2) is 7.92. The number of halogens is 1. The molecule has 0 radical (unpaired) electrons. The first kappa shape index (κ1) is 17.2. The molecule has 0 aliphatic carbocycles. The molecule has 8 heteroatoms. The summed E-state index contributed by atoms with van der Waals surface area (Å²) in [6.45, 7) is 1.15. The van der Waals surface area contributed by atoms with Crippen LogP contribution in [0.2, 0.25) is 0 Å². The van der Waals surface area contributed by atoms with E-state index in [1.807, 2.05) is 0 Å². The average Bonchev–Trinajstić information content (AvgIpc) is 2.52. The van der Waals surface area contributed by atoms with Crippen molar-refractivity contribution >= 4 is 23.6 Å². The van der Waals surface area contributed by atoms with Crippen LogP contribution in [0.5, 0.6) is 11.5 Å². The monoisotopic (exact) mass is 342 g/mol. The lowest BCUT2D eigenvalue weighted by Gasteiger charge is -2.31. The Balaban J connectivity index is 1.84. The van der Waals surface area contributed by atoms with Crippen molar-refractivity contribution in [2.45, 2.75) is 18.9 Å². The van der Waals surface area contributed by atoms with Gasteiger partial charge in [0.05, 0.1) is 5.88 Å². The third-order valence-corrected chi connectivity index (χ3v) is 3.71. The number of rotatable bonds is 4. The van der Waals surface area contributed by atoms with E-state index < -0.39 is 6.09 Å². The second-order valence-electron chi connectivity index (χ2n) is 5.28. The van der Waals surface area contributed by atoms with Crippen LogP contribution in [0.15, 0.2) is 18.2 Å². The second-order valence-corrected chi connectivity index (χ2v) is 5.65. The highest BCUT2D eigenvalue weighted by Gasteiger charge is 2.25. The minimum atomic E-state index is -0.395. The first-order valence-corrected chi connectivity index (χ1v) is 7.84. The van der Waals surface area contributed by atoms with Crippen molar-refractivity contribution in [1.82, 2.24) is 10.2 Å². The summed E-state index contributed by atoms with van der Waals surface area (Å²) in [4.78, 5) is 25.4. The summed E-state index contributed by atoms with van der Waals surface area (Å²) in [5.41, 5.74) is 0.187. The number of hydrogen-bond acceptors (Lipinski definition) is 5. The lowest BCUT2D eigenvalue weighted by molar-refractivity contribution is 0.0861. The van der Waals surface area contributed by atoms with Gasteiger partial charge in [-0.15, -0.1) is 11.6 Å². The lowest BCUT2D eigenvalue weighted by Crippen LogP contribution is -2.46. The van der Waals surface area contributed by atoms with Gasteiger partial charge >= 0.3 is 6.09 Å². The molecule has 1 aromatic rings. The maximum Gasteiger partial charge on any atom is 0.409 e. The van der Waals surface area contributed by atoms with Gasteiger partial charge in [-0.2, -0.15) is 0 Å². The number of nitrogens with one attached hydrogen (secondary N) is 1. The fraction of sp³-hybridized carbons (Fsp3) is 0.467. The number of carbonyl (C=O) groups is 2. The normalized spacial score (nSPS) is 15.3. The number of carbonyl (C=O) groups excluding carboxylic acids is 2. The molecule has 0 atom stereocenters. The van der Waals surface area contributed by atoms with Gasteiger partial charge in [-0.3, -0.25) is 4.79 Å². The molecule has 0 spiro atoms. The molecule has 7 nitrogen and oxygen atoms in total. The van der Waals surface area contributed by atoms with Crippen LogP contribution in [0.1, 0.15) is 23.2 Å². The highest BCUT2D eigenvalue weighted by atomic mass is 35.5. The molecule has 0 saturated carbocycles. The zero-order valence-electron chi connectivity index (χ0n) is 12.5. The van der Waals surface area contributed by atoms with E-state index in [4.69, 9.17) is 16.3 Å². The Morgan fingerprint density at radius 2 is 1.83 bits per heavy atom. The maximum atomic E-state index is 12.1. The van der Waals surface area contributed by atoms with E-state index in [2.05, 4.69) is 5.32 Å². The van der Waals surface area contributed by atoms with Gasteiger partial charge < -0.3 is 25.2 Å². The molecule has 1 aromatic carbocycles. The molecule has 0 unspecified atom stereocenters. The Kier molecular flexibility index (Phi) is 5.92. The predicted octanol–water partition coefficient (Wildman–Crippen LogP) is 1.67. The fourth-order valence-corrected chi connectivity index (χ4v) is 2.50. The molecule has 1 heterocycles. The summed E-state index contributed by atoms with van der Waals surface area (Å²) < 4.78 is 4.95. The smallest absolute Gasteiger partial charge is 0.409 e.